The zero-order valence-corrected chi connectivity index (χ0v) is 14.2. The van der Waals surface area contributed by atoms with Crippen LogP contribution in [0.5, 0.6) is 0 Å². The highest BCUT2D eigenvalue weighted by Crippen LogP contribution is 2.30. The molecular formula is C18H26N4O2. The first kappa shape index (κ1) is 16.9. The van der Waals surface area contributed by atoms with E-state index in [2.05, 4.69) is 27.9 Å². The van der Waals surface area contributed by atoms with E-state index in [-0.39, 0.29) is 17.7 Å². The second kappa shape index (κ2) is 7.75. The van der Waals surface area contributed by atoms with Gasteiger partial charge in [-0.1, -0.05) is 6.92 Å². The van der Waals surface area contributed by atoms with Crippen molar-refractivity contribution in [3.8, 4) is 0 Å². The highest BCUT2D eigenvalue weighted by atomic mass is 16.2. The number of aromatic nitrogens is 1. The molecule has 0 radical (unpaired) electrons. The highest BCUT2D eigenvalue weighted by Gasteiger charge is 2.29. The number of hydrogen-bond acceptors (Lipinski definition) is 4. The molecule has 2 heterocycles. The van der Waals surface area contributed by atoms with Gasteiger partial charge in [0.2, 0.25) is 11.8 Å². The van der Waals surface area contributed by atoms with E-state index in [0.29, 0.717) is 29.8 Å². The maximum absolute atomic E-state index is 12.2. The summed E-state index contributed by atoms with van der Waals surface area (Å²) in [5.41, 5.74) is 0.668. The Labute approximate surface area is 142 Å². The molecule has 6 nitrogen and oxygen atoms in total. The van der Waals surface area contributed by atoms with Gasteiger partial charge in [-0.25, -0.2) is 4.98 Å². The van der Waals surface area contributed by atoms with Crippen LogP contribution < -0.4 is 16.0 Å². The number of amides is 2. The molecule has 1 unspecified atom stereocenters. The predicted molar refractivity (Wildman–Crippen MR) is 93.6 cm³/mol. The van der Waals surface area contributed by atoms with Crippen LogP contribution in [-0.4, -0.2) is 29.9 Å². The SMILES string of the molecule is CC(CC(=O)Nc1ccc(NC(=O)C2CC2)nc1)C1CCNCC1. The second-order valence-corrected chi connectivity index (χ2v) is 7.01. The van der Waals surface area contributed by atoms with Crippen LogP contribution >= 0.6 is 0 Å². The van der Waals surface area contributed by atoms with Gasteiger partial charge in [-0.2, -0.15) is 0 Å². The second-order valence-electron chi connectivity index (χ2n) is 7.01. The van der Waals surface area contributed by atoms with Crippen molar-refractivity contribution in [2.75, 3.05) is 23.7 Å². The van der Waals surface area contributed by atoms with Gasteiger partial charge in [0.25, 0.3) is 0 Å². The van der Waals surface area contributed by atoms with Gasteiger partial charge in [0.1, 0.15) is 5.82 Å². The van der Waals surface area contributed by atoms with Gasteiger partial charge in [0.15, 0.2) is 0 Å². The molecule has 1 aliphatic heterocycles. The van der Waals surface area contributed by atoms with Gasteiger partial charge in [-0.15, -0.1) is 0 Å². The summed E-state index contributed by atoms with van der Waals surface area (Å²) in [5.74, 6) is 1.76. The van der Waals surface area contributed by atoms with E-state index in [1.165, 1.54) is 0 Å². The fourth-order valence-corrected chi connectivity index (χ4v) is 3.20. The van der Waals surface area contributed by atoms with Crippen LogP contribution in [0.1, 0.15) is 39.0 Å². The van der Waals surface area contributed by atoms with Crippen LogP contribution in [0, 0.1) is 17.8 Å². The Hall–Kier alpha value is -1.95. The number of nitrogens with zero attached hydrogens (tertiary/aromatic N) is 1. The highest BCUT2D eigenvalue weighted by molar-refractivity contribution is 5.94. The van der Waals surface area contributed by atoms with Gasteiger partial charge in [-0.05, 0) is 62.7 Å². The van der Waals surface area contributed by atoms with E-state index >= 15 is 0 Å². The summed E-state index contributed by atoms with van der Waals surface area (Å²) in [6.45, 7) is 4.26. The number of pyridine rings is 1. The van der Waals surface area contributed by atoms with Crippen molar-refractivity contribution in [2.24, 2.45) is 17.8 Å². The minimum Gasteiger partial charge on any atom is -0.325 e. The molecule has 1 atom stereocenters. The predicted octanol–water partition coefficient (Wildman–Crippen LogP) is 2.39. The fourth-order valence-electron chi connectivity index (χ4n) is 3.20. The van der Waals surface area contributed by atoms with Gasteiger partial charge >= 0.3 is 0 Å². The molecule has 0 spiro atoms. The summed E-state index contributed by atoms with van der Waals surface area (Å²) < 4.78 is 0. The number of rotatable bonds is 6. The molecule has 2 amide bonds. The van der Waals surface area contributed by atoms with Crippen molar-refractivity contribution in [1.82, 2.24) is 10.3 Å². The molecule has 0 bridgehead atoms. The number of carbonyl (C=O) groups is 2. The first-order valence-corrected chi connectivity index (χ1v) is 8.89. The molecule has 3 N–H and O–H groups in total. The molecule has 0 aromatic carbocycles. The minimum absolute atomic E-state index is 0.0256. The Morgan fingerprint density at radius 2 is 1.96 bits per heavy atom. The molecular weight excluding hydrogens is 304 g/mol. The van der Waals surface area contributed by atoms with Crippen LogP contribution in [-0.2, 0) is 9.59 Å². The van der Waals surface area contributed by atoms with E-state index in [4.69, 9.17) is 0 Å². The van der Waals surface area contributed by atoms with Crippen LogP contribution in [0.15, 0.2) is 18.3 Å². The lowest BCUT2D eigenvalue weighted by Crippen LogP contribution is -2.32. The maximum Gasteiger partial charge on any atom is 0.228 e. The smallest absolute Gasteiger partial charge is 0.228 e. The van der Waals surface area contributed by atoms with E-state index in [9.17, 15) is 9.59 Å². The zero-order valence-electron chi connectivity index (χ0n) is 14.2. The Morgan fingerprint density at radius 1 is 1.21 bits per heavy atom. The molecule has 2 fully saturated rings. The number of nitrogens with one attached hydrogen (secondary N) is 3. The van der Waals surface area contributed by atoms with Gasteiger partial charge < -0.3 is 16.0 Å². The third-order valence-corrected chi connectivity index (χ3v) is 4.94. The molecule has 1 aromatic heterocycles. The Morgan fingerprint density at radius 3 is 2.58 bits per heavy atom. The summed E-state index contributed by atoms with van der Waals surface area (Å²) in [4.78, 5) is 28.1. The number of piperidine rings is 1. The molecule has 1 saturated heterocycles. The monoisotopic (exact) mass is 330 g/mol. The van der Waals surface area contributed by atoms with Crippen molar-refractivity contribution in [3.05, 3.63) is 18.3 Å². The molecule has 1 saturated carbocycles. The van der Waals surface area contributed by atoms with Crippen molar-refractivity contribution >= 4 is 23.3 Å². The van der Waals surface area contributed by atoms with E-state index in [0.717, 1.165) is 38.8 Å². The number of anilines is 2. The van der Waals surface area contributed by atoms with Crippen molar-refractivity contribution in [3.63, 3.8) is 0 Å². The molecule has 1 aliphatic carbocycles. The van der Waals surface area contributed by atoms with Gasteiger partial charge in [0, 0.05) is 12.3 Å². The van der Waals surface area contributed by atoms with Crippen LogP contribution in [0.2, 0.25) is 0 Å². The lowest BCUT2D eigenvalue weighted by molar-refractivity contribution is -0.118. The van der Waals surface area contributed by atoms with Gasteiger partial charge in [0.05, 0.1) is 11.9 Å². The number of hydrogen-bond donors (Lipinski definition) is 3. The van der Waals surface area contributed by atoms with E-state index in [1.807, 2.05) is 0 Å². The fraction of sp³-hybridized carbons (Fsp3) is 0.611. The summed E-state index contributed by atoms with van der Waals surface area (Å²) in [5, 5.41) is 9.04. The topological polar surface area (TPSA) is 83.1 Å². The maximum atomic E-state index is 12.2. The minimum atomic E-state index is 0.0256. The third-order valence-electron chi connectivity index (χ3n) is 4.94. The first-order valence-electron chi connectivity index (χ1n) is 8.89. The molecule has 3 rings (SSSR count). The summed E-state index contributed by atoms with van der Waals surface area (Å²) >= 11 is 0. The molecule has 6 heteroatoms. The van der Waals surface area contributed by atoms with Crippen molar-refractivity contribution < 1.29 is 9.59 Å². The van der Waals surface area contributed by atoms with E-state index in [1.54, 1.807) is 18.3 Å². The largest absolute Gasteiger partial charge is 0.325 e. The summed E-state index contributed by atoms with van der Waals surface area (Å²) in [7, 11) is 0. The average Bonchev–Trinajstić information content (AvgIpc) is 3.42. The van der Waals surface area contributed by atoms with E-state index < -0.39 is 0 Å². The first-order chi connectivity index (χ1) is 11.6. The zero-order chi connectivity index (χ0) is 16.9. The Balaban J connectivity index is 1.46. The molecule has 2 aliphatic rings. The van der Waals surface area contributed by atoms with Crippen LogP contribution in [0.3, 0.4) is 0 Å². The summed E-state index contributed by atoms with van der Waals surface area (Å²) in [6, 6.07) is 3.51. The summed E-state index contributed by atoms with van der Waals surface area (Å²) in [6.07, 6.45) is 6.35. The molecule has 130 valence electrons. The third kappa shape index (κ3) is 4.77. The van der Waals surface area contributed by atoms with Gasteiger partial charge in [-0.3, -0.25) is 9.59 Å². The van der Waals surface area contributed by atoms with Crippen LogP contribution in [0.25, 0.3) is 0 Å². The van der Waals surface area contributed by atoms with Crippen molar-refractivity contribution in [1.29, 1.82) is 0 Å². The normalized spacial score (nSPS) is 19.5. The quantitative estimate of drug-likeness (QED) is 0.748. The van der Waals surface area contributed by atoms with Crippen LogP contribution in [0.4, 0.5) is 11.5 Å². The lowest BCUT2D eigenvalue weighted by Gasteiger charge is -2.27. The lowest BCUT2D eigenvalue weighted by atomic mass is 9.84. The standard InChI is InChI=1S/C18H26N4O2/c1-12(13-6-8-19-9-7-13)10-17(23)21-15-4-5-16(20-11-15)22-18(24)14-2-3-14/h4-5,11-14,19H,2-3,6-10H2,1H3,(H,21,23)(H,20,22,24). The average molecular weight is 330 g/mol. The Bertz CT molecular complexity index is 577. The molecule has 24 heavy (non-hydrogen) atoms. The number of carbonyl (C=O) groups excluding carboxylic acids is 2. The van der Waals surface area contributed by atoms with Crippen molar-refractivity contribution in [2.45, 2.75) is 39.0 Å². The molecule has 1 aromatic rings. The Kier molecular flexibility index (Phi) is 5.45.